The first kappa shape index (κ1) is 21.1. The van der Waals surface area contributed by atoms with E-state index >= 15 is 0 Å². The summed E-state index contributed by atoms with van der Waals surface area (Å²) in [5.74, 6) is 2.37. The number of rotatable bonds is 7. The maximum Gasteiger partial charge on any atom is 0.135 e. The molecule has 2 aromatic rings. The lowest BCUT2D eigenvalue weighted by Crippen LogP contribution is -2.46. The van der Waals surface area contributed by atoms with Gasteiger partial charge in [-0.15, -0.1) is 0 Å². The Hall–Kier alpha value is -3.15. The lowest BCUT2D eigenvalue weighted by molar-refractivity contribution is 0.330. The van der Waals surface area contributed by atoms with Crippen molar-refractivity contribution in [3.63, 3.8) is 0 Å². The van der Waals surface area contributed by atoms with Gasteiger partial charge in [-0.25, -0.2) is 9.97 Å². The summed E-state index contributed by atoms with van der Waals surface area (Å²) >= 11 is 0. The monoisotopic (exact) mass is 416 g/mol. The Labute approximate surface area is 185 Å². The minimum atomic E-state index is 0.337. The van der Waals surface area contributed by atoms with Crippen molar-refractivity contribution >= 4 is 17.7 Å². The minimum Gasteiger partial charge on any atom is -0.398 e. The van der Waals surface area contributed by atoms with E-state index in [0.717, 1.165) is 80.3 Å². The topological polar surface area (TPSA) is 82.1 Å². The van der Waals surface area contributed by atoms with E-state index in [1.54, 1.807) is 0 Å². The fraction of sp³-hybridized carbons (Fsp3) is 0.400. The highest BCUT2D eigenvalue weighted by molar-refractivity contribution is 5.87. The molecule has 0 saturated carbocycles. The highest BCUT2D eigenvalue weighted by atomic mass is 15.3. The summed E-state index contributed by atoms with van der Waals surface area (Å²) in [4.78, 5) is 14.6. The number of aromatic nitrogens is 2. The molecule has 4 rings (SSSR count). The molecule has 1 aliphatic heterocycles. The molecule has 1 aromatic carbocycles. The van der Waals surface area contributed by atoms with Crippen LogP contribution in [0.5, 0.6) is 0 Å². The predicted molar refractivity (Wildman–Crippen MR) is 128 cm³/mol. The molecule has 0 radical (unpaired) electrons. The van der Waals surface area contributed by atoms with Crippen LogP contribution < -0.4 is 10.6 Å². The average molecular weight is 417 g/mol. The number of anilines is 2. The fourth-order valence-corrected chi connectivity index (χ4v) is 4.77. The first-order valence-corrected chi connectivity index (χ1v) is 11.1. The van der Waals surface area contributed by atoms with Gasteiger partial charge in [-0.1, -0.05) is 32.2 Å². The summed E-state index contributed by atoms with van der Waals surface area (Å²) in [6, 6.07) is 5.93. The van der Waals surface area contributed by atoms with Crippen molar-refractivity contribution in [2.24, 2.45) is 0 Å². The average Bonchev–Trinajstić information content (AvgIpc) is 3.20. The van der Waals surface area contributed by atoms with E-state index in [1.165, 1.54) is 17.5 Å². The number of piperazine rings is 1. The van der Waals surface area contributed by atoms with E-state index in [1.807, 2.05) is 18.2 Å². The van der Waals surface area contributed by atoms with Crippen LogP contribution in [0, 0.1) is 5.41 Å². The van der Waals surface area contributed by atoms with E-state index < -0.39 is 0 Å². The molecule has 6 heteroatoms. The molecule has 2 heterocycles. The number of nitrogens with one attached hydrogen (secondary N) is 1. The number of aryl methyl sites for hydroxylation is 1. The summed E-state index contributed by atoms with van der Waals surface area (Å²) in [7, 11) is 0. The maximum absolute atomic E-state index is 7.78. The third-order valence-corrected chi connectivity index (χ3v) is 6.57. The van der Waals surface area contributed by atoms with Gasteiger partial charge < -0.3 is 20.9 Å². The van der Waals surface area contributed by atoms with Crippen molar-refractivity contribution in [3.05, 3.63) is 71.3 Å². The van der Waals surface area contributed by atoms with Gasteiger partial charge >= 0.3 is 0 Å². The van der Waals surface area contributed by atoms with Crippen molar-refractivity contribution in [2.45, 2.75) is 38.5 Å². The number of nitrogens with zero attached hydrogens (tertiary/aromatic N) is 4. The molecule has 162 valence electrons. The van der Waals surface area contributed by atoms with Crippen LogP contribution in [0.25, 0.3) is 0 Å². The summed E-state index contributed by atoms with van der Waals surface area (Å²) in [5, 5.41) is 7.78. The molecule has 3 N–H and O–H groups in total. The van der Waals surface area contributed by atoms with E-state index in [-0.39, 0.29) is 0 Å². The molecule has 31 heavy (non-hydrogen) atoms. The molecule has 1 saturated heterocycles. The van der Waals surface area contributed by atoms with Crippen molar-refractivity contribution in [2.75, 3.05) is 36.8 Å². The molecule has 1 aromatic heterocycles. The van der Waals surface area contributed by atoms with Crippen molar-refractivity contribution in [3.8, 4) is 0 Å². The van der Waals surface area contributed by atoms with E-state index in [2.05, 4.69) is 35.9 Å². The van der Waals surface area contributed by atoms with Gasteiger partial charge in [-0.2, -0.15) is 0 Å². The number of nitrogen functional groups attached to an aromatic ring is 1. The minimum absolute atomic E-state index is 0.337. The first-order chi connectivity index (χ1) is 15.0. The highest BCUT2D eigenvalue weighted by Gasteiger charge is 2.31. The van der Waals surface area contributed by atoms with Crippen LogP contribution in [0.2, 0.25) is 0 Å². The normalized spacial score (nSPS) is 18.0. The van der Waals surface area contributed by atoms with E-state index in [4.69, 9.17) is 21.1 Å². The van der Waals surface area contributed by atoms with Crippen LogP contribution in [-0.2, 0) is 19.3 Å². The second-order valence-corrected chi connectivity index (χ2v) is 8.35. The molecule has 1 fully saturated rings. The first-order valence-electron chi connectivity index (χ1n) is 11.1. The molecular formula is C25H32N6. The highest BCUT2D eigenvalue weighted by Crippen LogP contribution is 2.39. The predicted octanol–water partition coefficient (Wildman–Crippen LogP) is 3.71. The second kappa shape index (κ2) is 8.92. The Kier molecular flexibility index (Phi) is 6.07. The summed E-state index contributed by atoms with van der Waals surface area (Å²) in [6.45, 7) is 13.8. The van der Waals surface area contributed by atoms with E-state index in [9.17, 15) is 0 Å². The summed E-state index contributed by atoms with van der Waals surface area (Å²) in [6.07, 6.45) is 6.95. The maximum atomic E-state index is 7.78. The quantitative estimate of drug-likeness (QED) is 0.408. The lowest BCUT2D eigenvalue weighted by atomic mass is 9.93. The molecule has 0 amide bonds. The Balaban J connectivity index is 1.61. The van der Waals surface area contributed by atoms with E-state index in [0.29, 0.717) is 11.6 Å². The Morgan fingerprint density at radius 2 is 2.03 bits per heavy atom. The van der Waals surface area contributed by atoms with Gasteiger partial charge in [-0.05, 0) is 37.0 Å². The zero-order valence-electron chi connectivity index (χ0n) is 18.4. The van der Waals surface area contributed by atoms with Crippen molar-refractivity contribution in [1.29, 1.82) is 5.41 Å². The van der Waals surface area contributed by atoms with Crippen LogP contribution in [0.3, 0.4) is 0 Å². The third-order valence-electron chi connectivity index (χ3n) is 6.57. The van der Waals surface area contributed by atoms with Gasteiger partial charge in [0, 0.05) is 67.2 Å². The van der Waals surface area contributed by atoms with Gasteiger partial charge in [0.15, 0.2) is 0 Å². The Morgan fingerprint density at radius 3 is 2.71 bits per heavy atom. The van der Waals surface area contributed by atoms with Gasteiger partial charge in [0.25, 0.3) is 0 Å². The number of hydrogen-bond acceptors (Lipinski definition) is 6. The number of fused-ring (bicyclic) bond motifs is 1. The Morgan fingerprint density at radius 1 is 1.26 bits per heavy atom. The van der Waals surface area contributed by atoms with Crippen LogP contribution in [-0.4, -0.2) is 47.3 Å². The van der Waals surface area contributed by atoms with Crippen LogP contribution in [0.15, 0.2) is 43.1 Å². The number of benzene rings is 1. The van der Waals surface area contributed by atoms with Gasteiger partial charge in [0.1, 0.15) is 11.6 Å². The van der Waals surface area contributed by atoms with Gasteiger partial charge in [0.05, 0.1) is 5.69 Å². The molecule has 0 bridgehead atoms. The number of nitrogens with two attached hydrogens (primary N) is 1. The van der Waals surface area contributed by atoms with Gasteiger partial charge in [-0.3, -0.25) is 0 Å². The zero-order valence-corrected chi connectivity index (χ0v) is 18.4. The smallest absolute Gasteiger partial charge is 0.135 e. The molecule has 1 atom stereocenters. The molecule has 0 spiro atoms. The number of hydrogen-bond donors (Lipinski definition) is 2. The lowest BCUT2D eigenvalue weighted by Gasteiger charge is -2.37. The molecule has 6 nitrogen and oxygen atoms in total. The standard InChI is InChI=1S/C25H32N6/c1-4-17(3)30-11-13-31(14-12-30)25-20-10-9-19(24(20)28-23(5-2)29-25)15-18-7-6-8-22(27)21(18)16-26/h4,6-8,16,19,26H,1,3,5,9-15,27H2,2H3. The van der Waals surface area contributed by atoms with Crippen molar-refractivity contribution < 1.29 is 0 Å². The van der Waals surface area contributed by atoms with Crippen LogP contribution >= 0.6 is 0 Å². The fourth-order valence-electron chi connectivity index (χ4n) is 4.77. The molecule has 2 aliphatic rings. The van der Waals surface area contributed by atoms with Gasteiger partial charge in [0.2, 0.25) is 0 Å². The largest absolute Gasteiger partial charge is 0.398 e. The number of allylic oxidation sites excluding steroid dienone is 1. The van der Waals surface area contributed by atoms with Crippen LogP contribution in [0.1, 0.15) is 47.5 Å². The summed E-state index contributed by atoms with van der Waals surface area (Å²) < 4.78 is 0. The second-order valence-electron chi connectivity index (χ2n) is 8.35. The van der Waals surface area contributed by atoms with Crippen LogP contribution in [0.4, 0.5) is 11.5 Å². The molecule has 1 aliphatic carbocycles. The van der Waals surface area contributed by atoms with Crippen molar-refractivity contribution in [1.82, 2.24) is 14.9 Å². The molecular weight excluding hydrogens is 384 g/mol. The molecule has 1 unspecified atom stereocenters. The Bertz CT molecular complexity index is 1000. The SMILES string of the molecule is C=CC(=C)N1CCN(c2nc(CC)nc3c2CCC3Cc2cccc(N)c2C=N)CC1. The summed E-state index contributed by atoms with van der Waals surface area (Å²) in [5.41, 5.74) is 12.2. The zero-order chi connectivity index (χ0) is 22.0. The third kappa shape index (κ3) is 4.07.